The van der Waals surface area contributed by atoms with E-state index in [2.05, 4.69) is 29.5 Å². The van der Waals surface area contributed by atoms with E-state index in [1.807, 2.05) is 24.6 Å². The number of aliphatic imine (C=N–C) groups is 1. The third-order valence-electron chi connectivity index (χ3n) is 4.43. The summed E-state index contributed by atoms with van der Waals surface area (Å²) in [6, 6.07) is 1.83. The van der Waals surface area contributed by atoms with E-state index < -0.39 is 0 Å². The molecule has 0 spiro atoms. The third kappa shape index (κ3) is 6.28. The maximum Gasteiger partial charge on any atom is 0.191 e. The first-order valence-corrected chi connectivity index (χ1v) is 8.81. The smallest absolute Gasteiger partial charge is 0.191 e. The molecule has 1 aromatic heterocycles. The molecule has 0 aliphatic carbocycles. The van der Waals surface area contributed by atoms with Crippen LogP contribution in [0.2, 0.25) is 10.2 Å². The average molecular weight is 491 g/mol. The average Bonchev–Trinajstić information content (AvgIpc) is 2.81. The van der Waals surface area contributed by atoms with Gasteiger partial charge in [0, 0.05) is 31.2 Å². The lowest BCUT2D eigenvalue weighted by molar-refractivity contribution is 0.118. The number of nitrogens with one attached hydrogen (secondary N) is 2. The predicted octanol–water partition coefficient (Wildman–Crippen LogP) is 3.80. The number of rotatable bonds is 8. The van der Waals surface area contributed by atoms with Crippen molar-refractivity contribution in [3.8, 4) is 0 Å². The van der Waals surface area contributed by atoms with Crippen molar-refractivity contribution in [2.45, 2.75) is 40.2 Å². The Hall–Kier alpha value is -0.180. The van der Waals surface area contributed by atoms with Gasteiger partial charge in [-0.3, -0.25) is 0 Å². The van der Waals surface area contributed by atoms with Gasteiger partial charge in [0.05, 0.1) is 18.2 Å². The van der Waals surface area contributed by atoms with E-state index in [4.69, 9.17) is 23.2 Å². The molecule has 0 saturated carbocycles. The Balaban J connectivity index is 0.00000529. The van der Waals surface area contributed by atoms with Crippen LogP contribution in [0.5, 0.6) is 0 Å². The summed E-state index contributed by atoms with van der Waals surface area (Å²) in [5.74, 6) is 0.723. The van der Waals surface area contributed by atoms with Crippen LogP contribution in [0.1, 0.15) is 39.3 Å². The molecule has 3 N–H and O–H groups in total. The van der Waals surface area contributed by atoms with Crippen molar-refractivity contribution in [2.24, 2.45) is 17.5 Å². The molecule has 8 heteroatoms. The standard InChI is InChI=1S/C16H28Cl2N4O.HI/c1-5-16(6-2,11-23)10-21-15(19-7-3)20-9-12-8-13(17)14(18)22(12)4;/h8,23H,5-7,9-11H2,1-4H3,(H2,19,20,21);1H. The summed E-state index contributed by atoms with van der Waals surface area (Å²) < 4.78 is 1.83. The number of aliphatic hydroxyl groups is 1. The molecule has 0 bridgehead atoms. The van der Waals surface area contributed by atoms with Gasteiger partial charge in [-0.15, -0.1) is 24.0 Å². The Bertz CT molecular complexity index is 522. The zero-order chi connectivity index (χ0) is 17.5. The zero-order valence-electron chi connectivity index (χ0n) is 14.8. The van der Waals surface area contributed by atoms with Gasteiger partial charge in [0.15, 0.2) is 5.96 Å². The highest BCUT2D eigenvalue weighted by atomic mass is 127. The van der Waals surface area contributed by atoms with E-state index in [0.717, 1.165) is 31.0 Å². The molecular formula is C16H29Cl2IN4O. The minimum Gasteiger partial charge on any atom is -0.396 e. The lowest BCUT2D eigenvalue weighted by atomic mass is 9.83. The number of aromatic nitrogens is 1. The summed E-state index contributed by atoms with van der Waals surface area (Å²) >= 11 is 12.1. The van der Waals surface area contributed by atoms with Crippen LogP contribution in [-0.4, -0.2) is 35.3 Å². The second-order valence-electron chi connectivity index (χ2n) is 5.75. The Kier molecular flexibility index (Phi) is 11.4. The SMILES string of the molecule is CCNC(=NCc1cc(Cl)c(Cl)n1C)NCC(CC)(CC)CO.I. The van der Waals surface area contributed by atoms with Crippen LogP contribution in [0.15, 0.2) is 11.1 Å². The molecule has 0 radical (unpaired) electrons. The van der Waals surface area contributed by atoms with Gasteiger partial charge in [0.25, 0.3) is 0 Å². The molecule has 0 aromatic carbocycles. The summed E-state index contributed by atoms with van der Waals surface area (Å²) in [5, 5.41) is 17.3. The maximum absolute atomic E-state index is 9.66. The van der Waals surface area contributed by atoms with Crippen LogP contribution < -0.4 is 10.6 Å². The fraction of sp³-hybridized carbons (Fsp3) is 0.688. The molecule has 1 rings (SSSR count). The molecule has 0 aliphatic rings. The van der Waals surface area contributed by atoms with E-state index >= 15 is 0 Å². The minimum atomic E-state index is -0.117. The molecular weight excluding hydrogens is 462 g/mol. The maximum atomic E-state index is 9.66. The van der Waals surface area contributed by atoms with Crippen LogP contribution in [0.3, 0.4) is 0 Å². The van der Waals surface area contributed by atoms with Gasteiger partial charge in [-0.2, -0.15) is 0 Å². The van der Waals surface area contributed by atoms with Crippen LogP contribution >= 0.6 is 47.2 Å². The number of aliphatic hydroxyl groups excluding tert-OH is 1. The monoisotopic (exact) mass is 490 g/mol. The largest absolute Gasteiger partial charge is 0.396 e. The Labute approximate surface area is 172 Å². The summed E-state index contributed by atoms with van der Waals surface area (Å²) in [5.41, 5.74) is 0.824. The van der Waals surface area contributed by atoms with Gasteiger partial charge < -0.3 is 20.3 Å². The highest BCUT2D eigenvalue weighted by Gasteiger charge is 2.25. The highest BCUT2D eigenvalue weighted by molar-refractivity contribution is 14.0. The second-order valence-corrected chi connectivity index (χ2v) is 6.51. The van der Waals surface area contributed by atoms with E-state index in [1.165, 1.54) is 0 Å². The summed E-state index contributed by atoms with van der Waals surface area (Å²) in [4.78, 5) is 4.58. The van der Waals surface area contributed by atoms with Crippen molar-refractivity contribution < 1.29 is 5.11 Å². The first-order chi connectivity index (χ1) is 10.9. The molecule has 5 nitrogen and oxygen atoms in total. The molecule has 1 aromatic rings. The lowest BCUT2D eigenvalue weighted by Crippen LogP contribution is -2.44. The van der Waals surface area contributed by atoms with Gasteiger partial charge in [-0.05, 0) is 25.8 Å². The van der Waals surface area contributed by atoms with Crippen molar-refractivity contribution in [3.05, 3.63) is 21.9 Å². The molecule has 0 amide bonds. The Morgan fingerprint density at radius 3 is 2.29 bits per heavy atom. The second kappa shape index (κ2) is 11.4. The first-order valence-electron chi connectivity index (χ1n) is 8.05. The fourth-order valence-electron chi connectivity index (χ4n) is 2.29. The molecule has 140 valence electrons. The number of hydrogen-bond acceptors (Lipinski definition) is 2. The van der Waals surface area contributed by atoms with E-state index in [1.54, 1.807) is 0 Å². The van der Waals surface area contributed by atoms with E-state index in [0.29, 0.717) is 23.3 Å². The van der Waals surface area contributed by atoms with Gasteiger partial charge in [0.1, 0.15) is 5.15 Å². The summed E-state index contributed by atoms with van der Waals surface area (Å²) in [7, 11) is 1.87. The first kappa shape index (κ1) is 23.8. The molecule has 0 fully saturated rings. The van der Waals surface area contributed by atoms with Crippen LogP contribution in [0.25, 0.3) is 0 Å². The third-order valence-corrected chi connectivity index (χ3v) is 5.27. The molecule has 0 saturated heterocycles. The predicted molar refractivity (Wildman–Crippen MR) is 114 cm³/mol. The van der Waals surface area contributed by atoms with Crippen molar-refractivity contribution >= 4 is 53.1 Å². The van der Waals surface area contributed by atoms with Crippen molar-refractivity contribution in [3.63, 3.8) is 0 Å². The molecule has 0 aliphatic heterocycles. The topological polar surface area (TPSA) is 61.6 Å². The Morgan fingerprint density at radius 1 is 1.25 bits per heavy atom. The van der Waals surface area contributed by atoms with Gasteiger partial charge >= 0.3 is 0 Å². The quantitative estimate of drug-likeness (QED) is 0.295. The van der Waals surface area contributed by atoms with Gasteiger partial charge in [0.2, 0.25) is 0 Å². The minimum absolute atomic E-state index is 0. The van der Waals surface area contributed by atoms with E-state index in [-0.39, 0.29) is 36.0 Å². The molecule has 0 unspecified atom stereocenters. The fourth-order valence-corrected chi connectivity index (χ4v) is 2.71. The van der Waals surface area contributed by atoms with Gasteiger partial charge in [-0.25, -0.2) is 4.99 Å². The molecule has 1 heterocycles. The van der Waals surface area contributed by atoms with Crippen LogP contribution in [0, 0.1) is 5.41 Å². The summed E-state index contributed by atoms with van der Waals surface area (Å²) in [6.07, 6.45) is 1.82. The number of halogens is 3. The van der Waals surface area contributed by atoms with Crippen LogP contribution in [-0.2, 0) is 13.6 Å². The van der Waals surface area contributed by atoms with E-state index in [9.17, 15) is 5.11 Å². The van der Waals surface area contributed by atoms with Gasteiger partial charge in [-0.1, -0.05) is 37.0 Å². The molecule has 0 atom stereocenters. The normalized spacial score (nSPS) is 12.0. The Morgan fingerprint density at radius 2 is 1.88 bits per heavy atom. The van der Waals surface area contributed by atoms with Crippen molar-refractivity contribution in [1.82, 2.24) is 15.2 Å². The zero-order valence-corrected chi connectivity index (χ0v) is 18.7. The number of hydrogen-bond donors (Lipinski definition) is 3. The number of guanidine groups is 1. The number of nitrogens with zero attached hydrogens (tertiary/aromatic N) is 2. The highest BCUT2D eigenvalue weighted by Crippen LogP contribution is 2.26. The van der Waals surface area contributed by atoms with Crippen molar-refractivity contribution in [2.75, 3.05) is 19.7 Å². The lowest BCUT2D eigenvalue weighted by Gasteiger charge is -2.30. The summed E-state index contributed by atoms with van der Waals surface area (Å²) in [6.45, 7) is 8.30. The molecule has 24 heavy (non-hydrogen) atoms. The van der Waals surface area contributed by atoms with Crippen LogP contribution in [0.4, 0.5) is 0 Å². The van der Waals surface area contributed by atoms with Crippen molar-refractivity contribution in [1.29, 1.82) is 0 Å².